The predicted molar refractivity (Wildman–Crippen MR) is 107 cm³/mol. The Labute approximate surface area is 154 Å². The Hall–Kier alpha value is -2.92. The molecule has 3 rings (SSSR count). The maximum Gasteiger partial charge on any atom is 0.163 e. The molecule has 1 heterocycles. The van der Waals surface area contributed by atoms with Gasteiger partial charge in [0.2, 0.25) is 0 Å². The number of ether oxygens (including phenoxy) is 1. The minimum absolute atomic E-state index is 0.692. The molecule has 26 heavy (non-hydrogen) atoms. The van der Waals surface area contributed by atoms with E-state index < -0.39 is 0 Å². The van der Waals surface area contributed by atoms with E-state index in [-0.39, 0.29) is 0 Å². The first-order chi connectivity index (χ1) is 12.7. The molecule has 2 aromatic carbocycles. The first kappa shape index (κ1) is 17.9. The van der Waals surface area contributed by atoms with Gasteiger partial charge in [-0.15, -0.1) is 0 Å². The van der Waals surface area contributed by atoms with E-state index in [9.17, 15) is 0 Å². The van der Waals surface area contributed by atoms with Crippen molar-refractivity contribution in [3.8, 4) is 11.4 Å². The molecule has 0 atom stereocenters. The van der Waals surface area contributed by atoms with Crippen molar-refractivity contribution in [2.45, 2.75) is 13.3 Å². The fraction of sp³-hybridized carbons (Fsp3) is 0.238. The monoisotopic (exact) mass is 348 g/mol. The molecule has 0 saturated heterocycles. The van der Waals surface area contributed by atoms with Crippen LogP contribution in [0.15, 0.2) is 60.7 Å². The lowest BCUT2D eigenvalue weighted by Crippen LogP contribution is -2.08. The molecule has 0 bridgehead atoms. The van der Waals surface area contributed by atoms with Gasteiger partial charge < -0.3 is 15.4 Å². The number of hydrogen-bond acceptors (Lipinski definition) is 5. The zero-order chi connectivity index (χ0) is 18.2. The lowest BCUT2D eigenvalue weighted by atomic mass is 10.2. The maximum absolute atomic E-state index is 5.10. The lowest BCUT2D eigenvalue weighted by molar-refractivity contribution is 0.198. The summed E-state index contributed by atoms with van der Waals surface area (Å²) in [6.45, 7) is 3.59. The topological polar surface area (TPSA) is 59.1 Å². The minimum atomic E-state index is 0.692. The number of aromatic nitrogens is 2. The number of benzene rings is 2. The number of rotatable bonds is 8. The molecule has 134 valence electrons. The summed E-state index contributed by atoms with van der Waals surface area (Å²) in [7, 11) is 1.71. The standard InChI is InChI=1S/C21H24N4O/c1-16-8-6-11-18(14-16)23-20-15-19(22-12-7-13-26-2)24-21(25-20)17-9-4-3-5-10-17/h3-6,8-11,14-15H,7,12-13H2,1-2H3,(H2,22,23,24,25). The Morgan fingerprint density at radius 2 is 1.73 bits per heavy atom. The molecule has 0 aliphatic rings. The van der Waals surface area contributed by atoms with Gasteiger partial charge in [-0.05, 0) is 31.0 Å². The van der Waals surface area contributed by atoms with Crippen molar-refractivity contribution >= 4 is 17.3 Å². The molecular weight excluding hydrogens is 324 g/mol. The highest BCUT2D eigenvalue weighted by molar-refractivity contribution is 5.65. The van der Waals surface area contributed by atoms with E-state index in [1.54, 1.807) is 7.11 Å². The number of anilines is 3. The number of nitrogens with zero attached hydrogens (tertiary/aromatic N) is 2. The van der Waals surface area contributed by atoms with E-state index in [0.717, 1.165) is 42.5 Å². The summed E-state index contributed by atoms with van der Waals surface area (Å²) in [6.07, 6.45) is 0.918. The summed E-state index contributed by atoms with van der Waals surface area (Å²) in [4.78, 5) is 9.34. The van der Waals surface area contributed by atoms with Crippen molar-refractivity contribution in [3.05, 3.63) is 66.2 Å². The predicted octanol–water partition coefficient (Wildman–Crippen LogP) is 4.64. The molecule has 0 unspecified atom stereocenters. The Kier molecular flexibility index (Phi) is 6.17. The smallest absolute Gasteiger partial charge is 0.163 e. The van der Waals surface area contributed by atoms with Gasteiger partial charge in [0.15, 0.2) is 5.82 Å². The molecule has 5 heteroatoms. The second kappa shape index (κ2) is 8.97. The molecule has 0 spiro atoms. The Bertz CT molecular complexity index is 836. The van der Waals surface area contributed by atoms with Gasteiger partial charge >= 0.3 is 0 Å². The van der Waals surface area contributed by atoms with Crippen LogP contribution < -0.4 is 10.6 Å². The van der Waals surface area contributed by atoms with Crippen LogP contribution in [0.4, 0.5) is 17.3 Å². The fourth-order valence-electron chi connectivity index (χ4n) is 2.62. The summed E-state index contributed by atoms with van der Waals surface area (Å²) < 4.78 is 5.10. The average molecular weight is 348 g/mol. The Balaban J connectivity index is 1.86. The molecule has 0 fully saturated rings. The molecule has 1 aromatic heterocycles. The van der Waals surface area contributed by atoms with Crippen LogP contribution in [0.2, 0.25) is 0 Å². The van der Waals surface area contributed by atoms with Gasteiger partial charge in [-0.1, -0.05) is 42.5 Å². The summed E-state index contributed by atoms with van der Waals surface area (Å²) in [5, 5.41) is 6.74. The zero-order valence-electron chi connectivity index (χ0n) is 15.2. The SMILES string of the molecule is COCCCNc1cc(Nc2cccc(C)c2)nc(-c2ccccc2)n1. The molecule has 5 nitrogen and oxygen atoms in total. The number of nitrogens with one attached hydrogen (secondary N) is 2. The highest BCUT2D eigenvalue weighted by atomic mass is 16.5. The van der Waals surface area contributed by atoms with E-state index in [1.807, 2.05) is 48.5 Å². The van der Waals surface area contributed by atoms with Crippen molar-refractivity contribution in [1.29, 1.82) is 0 Å². The van der Waals surface area contributed by atoms with Gasteiger partial charge in [-0.3, -0.25) is 0 Å². The third-order valence-corrected chi connectivity index (χ3v) is 3.88. The van der Waals surface area contributed by atoms with Crippen LogP contribution in [0.5, 0.6) is 0 Å². The molecule has 0 amide bonds. The van der Waals surface area contributed by atoms with Crippen molar-refractivity contribution < 1.29 is 4.74 Å². The van der Waals surface area contributed by atoms with E-state index in [1.165, 1.54) is 5.56 Å². The molecule has 0 radical (unpaired) electrons. The Morgan fingerprint density at radius 3 is 2.50 bits per heavy atom. The van der Waals surface area contributed by atoms with Crippen LogP contribution in [0.3, 0.4) is 0 Å². The highest BCUT2D eigenvalue weighted by Crippen LogP contribution is 2.23. The van der Waals surface area contributed by atoms with Crippen LogP contribution in [-0.2, 0) is 4.74 Å². The first-order valence-corrected chi connectivity index (χ1v) is 8.75. The lowest BCUT2D eigenvalue weighted by Gasteiger charge is -2.12. The van der Waals surface area contributed by atoms with Crippen LogP contribution in [0.1, 0.15) is 12.0 Å². The van der Waals surface area contributed by atoms with E-state index >= 15 is 0 Å². The average Bonchev–Trinajstić information content (AvgIpc) is 2.66. The second-order valence-electron chi connectivity index (χ2n) is 6.10. The molecule has 0 aliphatic carbocycles. The van der Waals surface area contributed by atoms with Gasteiger partial charge in [0.05, 0.1) is 0 Å². The van der Waals surface area contributed by atoms with Crippen LogP contribution in [-0.4, -0.2) is 30.2 Å². The quantitative estimate of drug-likeness (QED) is 0.581. The van der Waals surface area contributed by atoms with E-state index in [0.29, 0.717) is 5.82 Å². The molecule has 3 aromatic rings. The van der Waals surface area contributed by atoms with Crippen molar-refractivity contribution in [3.63, 3.8) is 0 Å². The first-order valence-electron chi connectivity index (χ1n) is 8.75. The molecule has 2 N–H and O–H groups in total. The van der Waals surface area contributed by atoms with E-state index in [4.69, 9.17) is 4.74 Å². The normalized spacial score (nSPS) is 10.5. The van der Waals surface area contributed by atoms with Crippen LogP contribution in [0.25, 0.3) is 11.4 Å². The molecule has 0 saturated carbocycles. The third-order valence-electron chi connectivity index (χ3n) is 3.88. The number of methoxy groups -OCH3 is 1. The molecule has 0 aliphatic heterocycles. The number of aryl methyl sites for hydroxylation is 1. The van der Waals surface area contributed by atoms with Crippen molar-refractivity contribution in [2.24, 2.45) is 0 Å². The van der Waals surface area contributed by atoms with Crippen molar-refractivity contribution in [1.82, 2.24) is 9.97 Å². The van der Waals surface area contributed by atoms with E-state index in [2.05, 4.69) is 39.7 Å². The summed E-state index contributed by atoms with van der Waals surface area (Å²) in [5.74, 6) is 2.25. The van der Waals surface area contributed by atoms with Crippen LogP contribution in [0, 0.1) is 6.92 Å². The maximum atomic E-state index is 5.10. The fourth-order valence-corrected chi connectivity index (χ4v) is 2.62. The van der Waals surface area contributed by atoms with Gasteiger partial charge in [-0.25, -0.2) is 9.97 Å². The van der Waals surface area contributed by atoms with Crippen molar-refractivity contribution in [2.75, 3.05) is 30.9 Å². The summed E-state index contributed by atoms with van der Waals surface area (Å²) in [5.41, 5.74) is 3.19. The largest absolute Gasteiger partial charge is 0.385 e. The summed E-state index contributed by atoms with van der Waals surface area (Å²) in [6, 6.07) is 20.2. The summed E-state index contributed by atoms with van der Waals surface area (Å²) >= 11 is 0. The van der Waals surface area contributed by atoms with Gasteiger partial charge in [-0.2, -0.15) is 0 Å². The Morgan fingerprint density at radius 1 is 0.923 bits per heavy atom. The zero-order valence-corrected chi connectivity index (χ0v) is 15.2. The number of hydrogen-bond donors (Lipinski definition) is 2. The minimum Gasteiger partial charge on any atom is -0.385 e. The highest BCUT2D eigenvalue weighted by Gasteiger charge is 2.07. The van der Waals surface area contributed by atoms with Gasteiger partial charge in [0.1, 0.15) is 11.6 Å². The third kappa shape index (κ3) is 5.04. The molecular formula is C21H24N4O. The van der Waals surface area contributed by atoms with Gasteiger partial charge in [0, 0.05) is 37.6 Å². The van der Waals surface area contributed by atoms with Crippen LogP contribution >= 0.6 is 0 Å². The van der Waals surface area contributed by atoms with Gasteiger partial charge in [0.25, 0.3) is 0 Å². The second-order valence-corrected chi connectivity index (χ2v) is 6.10.